The Labute approximate surface area is 166 Å². The number of alkyl carbamates (subject to hydrolysis) is 1. The van der Waals surface area contributed by atoms with Gasteiger partial charge in [-0.05, 0) is 57.1 Å². The maximum atomic E-state index is 11.8. The van der Waals surface area contributed by atoms with Gasteiger partial charge in [0, 0.05) is 24.5 Å². The second-order valence-corrected chi connectivity index (χ2v) is 8.33. The van der Waals surface area contributed by atoms with Crippen LogP contribution < -0.4 is 10.1 Å². The highest BCUT2D eigenvalue weighted by molar-refractivity contribution is 5.67. The van der Waals surface area contributed by atoms with Gasteiger partial charge in [-0.3, -0.25) is 0 Å². The first-order valence-electron chi connectivity index (χ1n) is 9.86. The van der Waals surface area contributed by atoms with Crippen LogP contribution in [0.5, 0.6) is 6.01 Å². The van der Waals surface area contributed by atoms with E-state index in [0.29, 0.717) is 12.6 Å². The van der Waals surface area contributed by atoms with Gasteiger partial charge in [-0.15, -0.1) is 0 Å². The van der Waals surface area contributed by atoms with Gasteiger partial charge in [0.2, 0.25) is 0 Å². The third-order valence-electron chi connectivity index (χ3n) is 4.72. The molecule has 0 bridgehead atoms. The number of nitrogens with zero attached hydrogens (tertiary/aromatic N) is 2. The highest BCUT2D eigenvalue weighted by Gasteiger charge is 2.20. The summed E-state index contributed by atoms with van der Waals surface area (Å²) in [6, 6.07) is 8.67. The molecule has 1 aliphatic carbocycles. The molecule has 0 spiro atoms. The minimum Gasteiger partial charge on any atom is -0.460 e. The molecule has 1 N–H and O–H groups in total. The third kappa shape index (κ3) is 5.68. The lowest BCUT2D eigenvalue weighted by molar-refractivity contribution is 0.0525. The van der Waals surface area contributed by atoms with Gasteiger partial charge < -0.3 is 14.8 Å². The Kier molecular flexibility index (Phi) is 6.17. The van der Waals surface area contributed by atoms with E-state index < -0.39 is 11.7 Å². The van der Waals surface area contributed by atoms with E-state index in [1.54, 1.807) is 12.4 Å². The van der Waals surface area contributed by atoms with Crippen LogP contribution in [0.15, 0.2) is 36.7 Å². The molecular weight excluding hydrogens is 354 g/mol. The number of hydrogen-bond donors (Lipinski definition) is 1. The zero-order valence-corrected chi connectivity index (χ0v) is 17.1. The van der Waals surface area contributed by atoms with Crippen molar-refractivity contribution in [1.82, 2.24) is 15.3 Å². The van der Waals surface area contributed by atoms with E-state index in [-0.39, 0.29) is 12.0 Å². The molecule has 1 heterocycles. The van der Waals surface area contributed by atoms with Crippen molar-refractivity contribution in [3.63, 3.8) is 0 Å². The molecular formula is C22H29N3O3. The number of rotatable bonds is 6. The number of carbonyl (C=O) groups is 1. The van der Waals surface area contributed by atoms with Crippen molar-refractivity contribution < 1.29 is 14.3 Å². The Hall–Kier alpha value is -2.63. The van der Waals surface area contributed by atoms with Gasteiger partial charge >= 0.3 is 12.1 Å². The minimum absolute atomic E-state index is 0.177. The molecule has 1 saturated carbocycles. The van der Waals surface area contributed by atoms with Crippen LogP contribution in [-0.4, -0.2) is 34.3 Å². The maximum Gasteiger partial charge on any atom is 0.407 e. The summed E-state index contributed by atoms with van der Waals surface area (Å²) in [7, 11) is 0. The average molecular weight is 383 g/mol. The predicted octanol–water partition coefficient (Wildman–Crippen LogP) is 4.70. The van der Waals surface area contributed by atoms with Gasteiger partial charge in [-0.25, -0.2) is 14.8 Å². The van der Waals surface area contributed by atoms with Crippen LogP contribution in [0, 0.1) is 0 Å². The van der Waals surface area contributed by atoms with Gasteiger partial charge in [0.1, 0.15) is 11.7 Å². The molecule has 1 unspecified atom stereocenters. The summed E-state index contributed by atoms with van der Waals surface area (Å²) in [6.45, 7) is 8.14. The molecule has 0 aliphatic heterocycles. The van der Waals surface area contributed by atoms with Crippen LogP contribution >= 0.6 is 0 Å². The molecule has 0 radical (unpaired) electrons. The maximum absolute atomic E-state index is 11.8. The van der Waals surface area contributed by atoms with Crippen molar-refractivity contribution in [3.05, 3.63) is 42.2 Å². The molecule has 0 saturated heterocycles. The molecule has 1 amide bonds. The van der Waals surface area contributed by atoms with Crippen LogP contribution in [-0.2, 0) is 4.74 Å². The molecule has 1 aliphatic rings. The quantitative estimate of drug-likeness (QED) is 0.782. The fraction of sp³-hybridized carbons (Fsp3) is 0.500. The fourth-order valence-electron chi connectivity index (χ4n) is 2.84. The molecule has 1 fully saturated rings. The van der Waals surface area contributed by atoms with Gasteiger partial charge in [0.05, 0.1) is 0 Å². The Morgan fingerprint density at radius 3 is 2.32 bits per heavy atom. The van der Waals surface area contributed by atoms with E-state index in [2.05, 4.69) is 34.3 Å². The Morgan fingerprint density at radius 1 is 1.14 bits per heavy atom. The second kappa shape index (κ2) is 8.59. The first kappa shape index (κ1) is 20.1. The molecule has 1 atom stereocenters. The van der Waals surface area contributed by atoms with Crippen molar-refractivity contribution in [2.45, 2.75) is 64.6 Å². The fourth-order valence-corrected chi connectivity index (χ4v) is 2.84. The molecule has 1 aromatic heterocycles. The molecule has 28 heavy (non-hydrogen) atoms. The highest BCUT2D eigenvalue weighted by atomic mass is 16.6. The standard InChI is InChI=1S/C22H29N3O3/c1-15(12-25-21(26)28-22(2,3)4)16-8-10-17(11-9-16)18-13-23-20(24-14-18)27-19-6-5-7-19/h8-11,13-15,19H,5-7,12H2,1-4H3,(H,25,26). The molecule has 2 aromatic rings. The van der Waals surface area contributed by atoms with Crippen LogP contribution in [0.1, 0.15) is 58.4 Å². The number of carbonyl (C=O) groups excluding carboxylic acids is 1. The van der Waals surface area contributed by atoms with E-state index in [9.17, 15) is 4.79 Å². The van der Waals surface area contributed by atoms with Crippen molar-refractivity contribution in [3.8, 4) is 17.1 Å². The lowest BCUT2D eigenvalue weighted by Gasteiger charge is -2.24. The van der Waals surface area contributed by atoms with Crippen LogP contribution in [0.25, 0.3) is 11.1 Å². The predicted molar refractivity (Wildman–Crippen MR) is 108 cm³/mol. The molecule has 6 heteroatoms. The lowest BCUT2D eigenvalue weighted by Crippen LogP contribution is -2.34. The summed E-state index contributed by atoms with van der Waals surface area (Å²) in [5.74, 6) is 0.177. The average Bonchev–Trinajstić information content (AvgIpc) is 2.62. The molecule has 150 valence electrons. The van der Waals surface area contributed by atoms with Crippen molar-refractivity contribution in [2.75, 3.05) is 6.54 Å². The zero-order valence-electron chi connectivity index (χ0n) is 17.1. The number of ether oxygens (including phenoxy) is 2. The van der Waals surface area contributed by atoms with Gasteiger partial charge in [-0.2, -0.15) is 0 Å². The SMILES string of the molecule is CC(CNC(=O)OC(C)(C)C)c1ccc(-c2cnc(OC3CCC3)nc2)cc1. The van der Waals surface area contributed by atoms with E-state index in [4.69, 9.17) is 9.47 Å². The van der Waals surface area contributed by atoms with Gasteiger partial charge in [-0.1, -0.05) is 31.2 Å². The van der Waals surface area contributed by atoms with E-state index in [1.165, 1.54) is 6.42 Å². The summed E-state index contributed by atoms with van der Waals surface area (Å²) in [5.41, 5.74) is 2.65. The first-order valence-corrected chi connectivity index (χ1v) is 9.86. The monoisotopic (exact) mass is 383 g/mol. The van der Waals surface area contributed by atoms with Crippen molar-refractivity contribution in [1.29, 1.82) is 0 Å². The molecule has 3 rings (SSSR count). The Bertz CT molecular complexity index is 778. The van der Waals surface area contributed by atoms with E-state index in [1.807, 2.05) is 32.9 Å². The summed E-state index contributed by atoms with van der Waals surface area (Å²) in [4.78, 5) is 20.4. The summed E-state index contributed by atoms with van der Waals surface area (Å²) < 4.78 is 11.0. The number of amides is 1. The molecule has 6 nitrogen and oxygen atoms in total. The van der Waals surface area contributed by atoms with E-state index >= 15 is 0 Å². The largest absolute Gasteiger partial charge is 0.460 e. The van der Waals surface area contributed by atoms with Crippen molar-refractivity contribution in [2.24, 2.45) is 0 Å². The number of aromatic nitrogens is 2. The third-order valence-corrected chi connectivity index (χ3v) is 4.72. The van der Waals surface area contributed by atoms with Crippen LogP contribution in [0.4, 0.5) is 4.79 Å². The summed E-state index contributed by atoms with van der Waals surface area (Å²) >= 11 is 0. The van der Waals surface area contributed by atoms with Crippen LogP contribution in [0.2, 0.25) is 0 Å². The summed E-state index contributed by atoms with van der Waals surface area (Å²) in [5, 5.41) is 2.82. The van der Waals surface area contributed by atoms with E-state index in [0.717, 1.165) is 29.5 Å². The normalized spacial score (nSPS) is 15.4. The second-order valence-electron chi connectivity index (χ2n) is 8.33. The van der Waals surface area contributed by atoms with Crippen molar-refractivity contribution >= 4 is 6.09 Å². The smallest absolute Gasteiger partial charge is 0.407 e. The van der Waals surface area contributed by atoms with Crippen LogP contribution in [0.3, 0.4) is 0 Å². The van der Waals surface area contributed by atoms with Gasteiger partial charge in [0.25, 0.3) is 0 Å². The zero-order chi connectivity index (χ0) is 20.1. The Balaban J connectivity index is 1.54. The summed E-state index contributed by atoms with van der Waals surface area (Å²) in [6.07, 6.45) is 6.88. The topological polar surface area (TPSA) is 73.3 Å². The number of hydrogen-bond acceptors (Lipinski definition) is 5. The molecule has 1 aromatic carbocycles. The Morgan fingerprint density at radius 2 is 1.79 bits per heavy atom. The highest BCUT2D eigenvalue weighted by Crippen LogP contribution is 2.25. The number of benzene rings is 1. The van der Waals surface area contributed by atoms with Gasteiger partial charge in [0.15, 0.2) is 0 Å². The first-order chi connectivity index (χ1) is 13.3. The minimum atomic E-state index is -0.491. The number of nitrogens with one attached hydrogen (secondary N) is 1. The lowest BCUT2D eigenvalue weighted by atomic mass is 9.96.